The number of carbonyl (C=O) groups excluding carboxylic acids is 1. The number of carbonyl (C=O) groups is 1. The fraction of sp³-hybridized carbons (Fsp3) is 0.429. The monoisotopic (exact) mass is 446 g/mol. The molecule has 1 aromatic heterocycles. The second-order valence-corrected chi connectivity index (χ2v) is 7.19. The summed E-state index contributed by atoms with van der Waals surface area (Å²) in [5.74, 6) is 0.360. The topological polar surface area (TPSA) is 125 Å². The van der Waals surface area contributed by atoms with Crippen LogP contribution in [0.4, 0.5) is 0 Å². The van der Waals surface area contributed by atoms with Crippen molar-refractivity contribution in [2.75, 3.05) is 21.3 Å². The lowest BCUT2D eigenvalue weighted by atomic mass is 9.97. The average Bonchev–Trinajstić information content (AvgIpc) is 3.24. The minimum absolute atomic E-state index is 0.110. The molecule has 2 aromatic rings. The predicted molar refractivity (Wildman–Crippen MR) is 116 cm³/mol. The van der Waals surface area contributed by atoms with Gasteiger partial charge in [0.2, 0.25) is 17.5 Å². The number of methoxy groups -OCH3 is 3. The summed E-state index contributed by atoms with van der Waals surface area (Å²) in [6.07, 6.45) is 0.277. The minimum atomic E-state index is -0.701. The van der Waals surface area contributed by atoms with Crippen LogP contribution < -0.4 is 25.5 Å². The van der Waals surface area contributed by atoms with Crippen LogP contribution >= 0.6 is 0 Å². The lowest BCUT2D eigenvalue weighted by Gasteiger charge is -2.24. The zero-order valence-corrected chi connectivity index (χ0v) is 18.8. The third kappa shape index (κ3) is 3.49. The molecule has 1 aliphatic rings. The Morgan fingerprint density at radius 1 is 1.09 bits per heavy atom. The summed E-state index contributed by atoms with van der Waals surface area (Å²) >= 11 is 0. The first-order valence-electron chi connectivity index (χ1n) is 9.89. The highest BCUT2D eigenvalue weighted by molar-refractivity contribution is 6.04. The highest BCUT2D eigenvalue weighted by Crippen LogP contribution is 2.46. The maximum atomic E-state index is 12.8. The lowest BCUT2D eigenvalue weighted by molar-refractivity contribution is -0.132. The van der Waals surface area contributed by atoms with E-state index in [1.807, 2.05) is 0 Å². The van der Waals surface area contributed by atoms with Crippen molar-refractivity contribution in [1.29, 1.82) is 0 Å². The zero-order chi connectivity index (χ0) is 23.7. The van der Waals surface area contributed by atoms with Crippen LogP contribution in [0.15, 0.2) is 26.8 Å². The predicted octanol–water partition coefficient (Wildman–Crippen LogP) is 0.903. The zero-order valence-electron chi connectivity index (χ0n) is 18.8. The highest BCUT2D eigenvalue weighted by atomic mass is 16.5. The van der Waals surface area contributed by atoms with Crippen molar-refractivity contribution in [3.63, 3.8) is 0 Å². The van der Waals surface area contributed by atoms with Crippen molar-refractivity contribution < 1.29 is 24.1 Å². The summed E-state index contributed by atoms with van der Waals surface area (Å²) in [5, 5.41) is 16.2. The Morgan fingerprint density at radius 2 is 1.75 bits per heavy atom. The molecule has 0 radical (unpaired) electrons. The molecule has 172 valence electrons. The highest BCUT2D eigenvalue weighted by Gasteiger charge is 2.37. The smallest absolute Gasteiger partial charge is 0.333 e. The van der Waals surface area contributed by atoms with Crippen LogP contribution in [0.5, 0.6) is 23.1 Å². The number of benzene rings is 1. The van der Waals surface area contributed by atoms with E-state index in [9.17, 15) is 19.5 Å². The molecule has 0 saturated heterocycles. The molecular formula is C21H26N4O7. The first-order valence-corrected chi connectivity index (χ1v) is 9.89. The summed E-state index contributed by atoms with van der Waals surface area (Å²) < 4.78 is 18.2. The first-order chi connectivity index (χ1) is 15.2. The van der Waals surface area contributed by atoms with Gasteiger partial charge in [-0.05, 0) is 12.1 Å². The fourth-order valence-electron chi connectivity index (χ4n) is 3.77. The summed E-state index contributed by atoms with van der Waals surface area (Å²) in [4.78, 5) is 37.6. The summed E-state index contributed by atoms with van der Waals surface area (Å²) in [5.41, 5.74) is -0.734. The standard InChI is InChI=1S/C21H26N4O7/c1-7-15(26)25-13(11-8-9-14(30-4)18(32-6)17(11)31-5)10-12(22-25)16-19(27)23(2)21(29)24(3)20(16)28/h8-9,13,27H,7,10H2,1-6H3/t13-/m0/s1. The molecule has 2 heterocycles. The van der Waals surface area contributed by atoms with Gasteiger partial charge in [0.15, 0.2) is 11.5 Å². The number of hydrogen-bond acceptors (Lipinski definition) is 8. The van der Waals surface area contributed by atoms with Gasteiger partial charge in [-0.3, -0.25) is 18.7 Å². The van der Waals surface area contributed by atoms with Crippen molar-refractivity contribution in [3.8, 4) is 23.1 Å². The molecule has 11 heteroatoms. The number of rotatable bonds is 6. The Balaban J connectivity index is 2.21. The number of aromatic hydroxyl groups is 1. The Kier molecular flexibility index (Phi) is 6.28. The van der Waals surface area contributed by atoms with Gasteiger partial charge in [0.05, 0.1) is 33.1 Å². The van der Waals surface area contributed by atoms with Gasteiger partial charge >= 0.3 is 5.69 Å². The molecule has 0 fully saturated rings. The molecule has 3 rings (SSSR count). The van der Waals surface area contributed by atoms with E-state index >= 15 is 0 Å². The summed E-state index contributed by atoms with van der Waals surface area (Å²) in [6, 6.07) is 2.79. The molecule has 0 unspecified atom stereocenters. The molecule has 1 N–H and O–H groups in total. The van der Waals surface area contributed by atoms with Gasteiger partial charge in [-0.1, -0.05) is 6.92 Å². The molecular weight excluding hydrogens is 420 g/mol. The van der Waals surface area contributed by atoms with Crippen molar-refractivity contribution >= 4 is 11.6 Å². The third-order valence-electron chi connectivity index (χ3n) is 5.48. The molecule has 1 amide bonds. The molecule has 1 aromatic carbocycles. The summed E-state index contributed by atoms with van der Waals surface area (Å²) in [7, 11) is 7.10. The van der Waals surface area contributed by atoms with Crippen LogP contribution in [0.25, 0.3) is 0 Å². The number of ether oxygens (including phenoxy) is 3. The molecule has 32 heavy (non-hydrogen) atoms. The van der Waals surface area contributed by atoms with Gasteiger partial charge in [-0.2, -0.15) is 5.10 Å². The maximum absolute atomic E-state index is 12.8. The SMILES string of the molecule is CCC(=O)N1N=C(c2c(O)n(C)c(=O)n(C)c2=O)C[C@H]1c1ccc(OC)c(OC)c1OC. The number of aromatic nitrogens is 2. The van der Waals surface area contributed by atoms with E-state index in [2.05, 4.69) is 5.10 Å². The number of amides is 1. The molecule has 1 atom stereocenters. The second-order valence-electron chi connectivity index (χ2n) is 7.19. The van der Waals surface area contributed by atoms with Gasteiger partial charge in [-0.15, -0.1) is 0 Å². The first kappa shape index (κ1) is 22.9. The Hall–Kier alpha value is -3.76. The lowest BCUT2D eigenvalue weighted by Crippen LogP contribution is -2.39. The summed E-state index contributed by atoms with van der Waals surface area (Å²) in [6.45, 7) is 1.70. The minimum Gasteiger partial charge on any atom is -0.494 e. The van der Waals surface area contributed by atoms with E-state index in [-0.39, 0.29) is 30.0 Å². The average molecular weight is 446 g/mol. The molecule has 1 aliphatic heterocycles. The number of nitrogens with zero attached hydrogens (tertiary/aromatic N) is 4. The van der Waals surface area contributed by atoms with Gasteiger partial charge in [0.1, 0.15) is 5.56 Å². The van der Waals surface area contributed by atoms with E-state index in [1.54, 1.807) is 19.1 Å². The molecule has 0 saturated carbocycles. The Labute approximate surface area is 184 Å². The molecule has 0 bridgehead atoms. The third-order valence-corrected chi connectivity index (χ3v) is 5.48. The Morgan fingerprint density at radius 3 is 2.31 bits per heavy atom. The van der Waals surface area contributed by atoms with Gasteiger partial charge in [-0.25, -0.2) is 9.80 Å². The Bertz CT molecular complexity index is 1210. The van der Waals surface area contributed by atoms with E-state index in [4.69, 9.17) is 14.2 Å². The van der Waals surface area contributed by atoms with Crippen LogP contribution in [0.2, 0.25) is 0 Å². The number of hydrazone groups is 1. The maximum Gasteiger partial charge on any atom is 0.333 e. The fourth-order valence-corrected chi connectivity index (χ4v) is 3.77. The van der Waals surface area contributed by atoms with Crippen LogP contribution in [0.1, 0.15) is 36.9 Å². The largest absolute Gasteiger partial charge is 0.494 e. The number of hydrogen-bond donors (Lipinski definition) is 1. The van der Waals surface area contributed by atoms with Crippen LogP contribution in [0.3, 0.4) is 0 Å². The molecule has 0 aliphatic carbocycles. The van der Waals surface area contributed by atoms with E-state index < -0.39 is 23.2 Å². The molecule has 0 spiro atoms. The quantitative estimate of drug-likeness (QED) is 0.699. The van der Waals surface area contributed by atoms with E-state index in [1.165, 1.54) is 40.4 Å². The van der Waals surface area contributed by atoms with Crippen molar-refractivity contribution in [2.45, 2.75) is 25.8 Å². The van der Waals surface area contributed by atoms with Crippen LogP contribution in [0, 0.1) is 0 Å². The van der Waals surface area contributed by atoms with E-state index in [0.29, 0.717) is 22.8 Å². The van der Waals surface area contributed by atoms with Gasteiger partial charge in [0.25, 0.3) is 5.56 Å². The van der Waals surface area contributed by atoms with E-state index in [0.717, 1.165) is 9.13 Å². The van der Waals surface area contributed by atoms with Crippen molar-refractivity contribution in [2.24, 2.45) is 19.2 Å². The second kappa shape index (κ2) is 8.77. The van der Waals surface area contributed by atoms with Gasteiger partial charge in [0, 0.05) is 32.5 Å². The van der Waals surface area contributed by atoms with Crippen molar-refractivity contribution in [3.05, 3.63) is 44.1 Å². The van der Waals surface area contributed by atoms with Gasteiger partial charge < -0.3 is 19.3 Å². The molecule has 11 nitrogen and oxygen atoms in total. The normalized spacial score (nSPS) is 15.5. The van der Waals surface area contributed by atoms with Crippen LogP contribution in [-0.4, -0.2) is 52.2 Å². The van der Waals surface area contributed by atoms with Crippen LogP contribution in [-0.2, 0) is 18.9 Å². The van der Waals surface area contributed by atoms with Crippen molar-refractivity contribution in [1.82, 2.24) is 14.1 Å².